The van der Waals surface area contributed by atoms with Crippen LogP contribution in [0.25, 0.3) is 0 Å². The Morgan fingerprint density at radius 3 is 2.53 bits per heavy atom. The summed E-state index contributed by atoms with van der Waals surface area (Å²) in [7, 11) is 0. The first-order chi connectivity index (χ1) is 7.90. The summed E-state index contributed by atoms with van der Waals surface area (Å²) in [5.74, 6) is 0.0347. The molecular formula is C12H18O5. The van der Waals surface area contributed by atoms with Crippen LogP contribution in [0.5, 0.6) is 0 Å². The van der Waals surface area contributed by atoms with Crippen molar-refractivity contribution in [2.45, 2.75) is 39.9 Å². The van der Waals surface area contributed by atoms with Crippen molar-refractivity contribution in [3.63, 3.8) is 0 Å². The van der Waals surface area contributed by atoms with Gasteiger partial charge in [-0.3, -0.25) is 9.59 Å². The van der Waals surface area contributed by atoms with E-state index in [1.165, 1.54) is 13.8 Å². The van der Waals surface area contributed by atoms with Gasteiger partial charge in [0.15, 0.2) is 6.10 Å². The lowest BCUT2D eigenvalue weighted by atomic mass is 9.96. The highest BCUT2D eigenvalue weighted by atomic mass is 16.6. The zero-order valence-corrected chi connectivity index (χ0v) is 10.6. The molecule has 5 nitrogen and oxygen atoms in total. The van der Waals surface area contributed by atoms with Crippen LogP contribution in [0.3, 0.4) is 0 Å². The number of hydrogen-bond donors (Lipinski definition) is 0. The fourth-order valence-electron chi connectivity index (χ4n) is 1.85. The van der Waals surface area contributed by atoms with Crippen LogP contribution in [-0.2, 0) is 23.8 Å². The molecule has 5 heteroatoms. The lowest BCUT2D eigenvalue weighted by Gasteiger charge is -2.34. The molecule has 0 amide bonds. The van der Waals surface area contributed by atoms with Crippen LogP contribution in [0, 0.1) is 5.92 Å². The maximum Gasteiger partial charge on any atom is 0.303 e. The fraction of sp³-hybridized carbons (Fsp3) is 0.667. The minimum absolute atomic E-state index is 0.0354. The molecule has 0 aromatic rings. The standard InChI is InChI=1S/C12H18O5/c1-7-5-8(2)16-11(6-15-9(3)13)12(7)17-10(4)14/h5,7,11-12H,6H2,1-4H3/t7-,11?,12?/m1/s1. The highest BCUT2D eigenvalue weighted by Gasteiger charge is 2.34. The van der Waals surface area contributed by atoms with E-state index in [1.54, 1.807) is 0 Å². The smallest absolute Gasteiger partial charge is 0.303 e. The molecule has 17 heavy (non-hydrogen) atoms. The summed E-state index contributed by atoms with van der Waals surface area (Å²) in [5, 5.41) is 0. The quantitative estimate of drug-likeness (QED) is 0.700. The van der Waals surface area contributed by atoms with Gasteiger partial charge in [0.05, 0.1) is 5.76 Å². The second-order valence-corrected chi connectivity index (χ2v) is 4.17. The first-order valence-corrected chi connectivity index (χ1v) is 5.55. The van der Waals surface area contributed by atoms with E-state index in [-0.39, 0.29) is 24.5 Å². The van der Waals surface area contributed by atoms with E-state index in [0.717, 1.165) is 5.76 Å². The number of carbonyl (C=O) groups is 2. The molecule has 96 valence electrons. The normalized spacial score (nSPS) is 27.8. The molecule has 1 rings (SSSR count). The molecule has 0 aliphatic carbocycles. The minimum Gasteiger partial charge on any atom is -0.488 e. The molecule has 0 bridgehead atoms. The van der Waals surface area contributed by atoms with Crippen LogP contribution in [0.4, 0.5) is 0 Å². The third-order valence-electron chi connectivity index (χ3n) is 2.47. The van der Waals surface area contributed by atoms with Gasteiger partial charge < -0.3 is 14.2 Å². The van der Waals surface area contributed by atoms with Crippen LogP contribution in [-0.4, -0.2) is 30.8 Å². The van der Waals surface area contributed by atoms with Crippen LogP contribution in [0.2, 0.25) is 0 Å². The van der Waals surface area contributed by atoms with Crippen molar-refractivity contribution >= 4 is 11.9 Å². The minimum atomic E-state index is -0.442. The summed E-state index contributed by atoms with van der Waals surface area (Å²) in [4.78, 5) is 21.8. The summed E-state index contributed by atoms with van der Waals surface area (Å²) in [6.45, 7) is 6.51. The van der Waals surface area contributed by atoms with Crippen LogP contribution >= 0.6 is 0 Å². The largest absolute Gasteiger partial charge is 0.488 e. The molecule has 0 aromatic heterocycles. The molecule has 0 aromatic carbocycles. The first-order valence-electron chi connectivity index (χ1n) is 5.55. The molecular weight excluding hydrogens is 224 g/mol. The fourth-order valence-corrected chi connectivity index (χ4v) is 1.85. The number of esters is 2. The van der Waals surface area contributed by atoms with Crippen molar-refractivity contribution in [1.29, 1.82) is 0 Å². The third kappa shape index (κ3) is 4.09. The molecule has 3 atom stereocenters. The van der Waals surface area contributed by atoms with Gasteiger partial charge in [-0.25, -0.2) is 0 Å². The Bertz CT molecular complexity index is 334. The van der Waals surface area contributed by atoms with E-state index in [1.807, 2.05) is 19.9 Å². The summed E-state index contributed by atoms with van der Waals surface area (Å²) in [6.07, 6.45) is 1.02. The molecule has 1 aliphatic heterocycles. The lowest BCUT2D eigenvalue weighted by molar-refractivity contribution is -0.165. The van der Waals surface area contributed by atoms with E-state index in [2.05, 4.69) is 0 Å². The molecule has 1 heterocycles. The molecule has 0 spiro atoms. The third-order valence-corrected chi connectivity index (χ3v) is 2.47. The summed E-state index contributed by atoms with van der Waals surface area (Å²) >= 11 is 0. The topological polar surface area (TPSA) is 61.8 Å². The zero-order valence-electron chi connectivity index (χ0n) is 10.6. The van der Waals surface area contributed by atoms with E-state index in [9.17, 15) is 9.59 Å². The maximum atomic E-state index is 11.0. The Morgan fingerprint density at radius 2 is 2.00 bits per heavy atom. The van der Waals surface area contributed by atoms with Crippen LogP contribution < -0.4 is 0 Å². The monoisotopic (exact) mass is 242 g/mol. The van der Waals surface area contributed by atoms with Gasteiger partial charge >= 0.3 is 11.9 Å². The average Bonchev–Trinajstić information content (AvgIpc) is 2.18. The van der Waals surface area contributed by atoms with Gasteiger partial charge in [-0.15, -0.1) is 0 Å². The van der Waals surface area contributed by atoms with Crippen molar-refractivity contribution in [2.75, 3.05) is 6.61 Å². The van der Waals surface area contributed by atoms with Crippen LogP contribution in [0.1, 0.15) is 27.7 Å². The Labute approximate surface area is 101 Å². The van der Waals surface area contributed by atoms with Crippen molar-refractivity contribution in [2.24, 2.45) is 5.92 Å². The van der Waals surface area contributed by atoms with Crippen molar-refractivity contribution < 1.29 is 23.8 Å². The van der Waals surface area contributed by atoms with Gasteiger partial charge in [0.25, 0.3) is 0 Å². The van der Waals surface area contributed by atoms with Gasteiger partial charge in [-0.2, -0.15) is 0 Å². The predicted octanol–water partition coefficient (Wildman–Crippen LogP) is 1.42. The highest BCUT2D eigenvalue weighted by molar-refractivity contribution is 5.66. The number of ether oxygens (including phenoxy) is 3. The Hall–Kier alpha value is -1.52. The second kappa shape index (κ2) is 5.70. The first kappa shape index (κ1) is 13.5. The number of hydrogen-bond acceptors (Lipinski definition) is 5. The van der Waals surface area contributed by atoms with Gasteiger partial charge in [0.1, 0.15) is 12.7 Å². The molecule has 0 saturated heterocycles. The highest BCUT2D eigenvalue weighted by Crippen LogP contribution is 2.25. The number of allylic oxidation sites excluding steroid dienone is 1. The Kier molecular flexibility index (Phi) is 4.54. The SMILES string of the molecule is CC(=O)OCC1OC(C)=C[C@@H](C)C1OC(C)=O. The van der Waals surface area contributed by atoms with Crippen LogP contribution in [0.15, 0.2) is 11.8 Å². The number of rotatable bonds is 3. The summed E-state index contributed by atoms with van der Waals surface area (Å²) in [5.41, 5.74) is 0. The lowest BCUT2D eigenvalue weighted by Crippen LogP contribution is -2.43. The zero-order chi connectivity index (χ0) is 13.0. The van der Waals surface area contributed by atoms with Crippen molar-refractivity contribution in [3.8, 4) is 0 Å². The van der Waals surface area contributed by atoms with Gasteiger partial charge in [-0.05, 0) is 13.0 Å². The van der Waals surface area contributed by atoms with Crippen molar-refractivity contribution in [3.05, 3.63) is 11.8 Å². The predicted molar refractivity (Wildman–Crippen MR) is 60.0 cm³/mol. The molecule has 0 N–H and O–H groups in total. The van der Waals surface area contributed by atoms with Gasteiger partial charge in [0, 0.05) is 19.8 Å². The Morgan fingerprint density at radius 1 is 1.35 bits per heavy atom. The van der Waals surface area contributed by atoms with E-state index in [4.69, 9.17) is 14.2 Å². The van der Waals surface area contributed by atoms with E-state index < -0.39 is 12.2 Å². The molecule has 2 unspecified atom stereocenters. The summed E-state index contributed by atoms with van der Waals surface area (Å²) < 4.78 is 15.6. The molecule has 0 radical (unpaired) electrons. The Balaban J connectivity index is 2.71. The average molecular weight is 242 g/mol. The van der Waals surface area contributed by atoms with Gasteiger partial charge in [-0.1, -0.05) is 6.92 Å². The number of carbonyl (C=O) groups excluding carboxylic acids is 2. The second-order valence-electron chi connectivity index (χ2n) is 4.17. The molecule has 1 aliphatic rings. The summed E-state index contributed by atoms with van der Waals surface area (Å²) in [6, 6.07) is 0. The van der Waals surface area contributed by atoms with E-state index in [0.29, 0.717) is 0 Å². The van der Waals surface area contributed by atoms with E-state index >= 15 is 0 Å². The molecule has 0 saturated carbocycles. The molecule has 0 fully saturated rings. The van der Waals surface area contributed by atoms with Gasteiger partial charge in [0.2, 0.25) is 0 Å². The van der Waals surface area contributed by atoms with Crippen molar-refractivity contribution in [1.82, 2.24) is 0 Å². The maximum absolute atomic E-state index is 11.0.